The van der Waals surface area contributed by atoms with Crippen molar-refractivity contribution in [1.82, 2.24) is 0 Å². The fourth-order valence-corrected chi connectivity index (χ4v) is 4.26. The zero-order valence-corrected chi connectivity index (χ0v) is 15.7. The van der Waals surface area contributed by atoms with Gasteiger partial charge < -0.3 is 4.74 Å². The lowest BCUT2D eigenvalue weighted by molar-refractivity contribution is 0.0474. The highest BCUT2D eigenvalue weighted by atomic mass is 35.5. The van der Waals surface area contributed by atoms with E-state index < -0.39 is 22.4 Å². The van der Waals surface area contributed by atoms with E-state index in [1.807, 2.05) is 12.1 Å². The number of hydrogen-bond donors (Lipinski definition) is 0. The maximum atomic E-state index is 12.3. The Morgan fingerprint density at radius 2 is 1.73 bits per heavy atom. The van der Waals surface area contributed by atoms with Gasteiger partial charge in [-0.05, 0) is 54.7 Å². The average molecular weight is 393 g/mol. The van der Waals surface area contributed by atoms with Gasteiger partial charge in [-0.3, -0.25) is 4.79 Å². The topological polar surface area (TPSA) is 77.5 Å². The molecule has 0 aliphatic heterocycles. The first-order valence-electron chi connectivity index (χ1n) is 8.07. The van der Waals surface area contributed by atoms with E-state index in [9.17, 15) is 18.0 Å². The van der Waals surface area contributed by atoms with Crippen LogP contribution in [-0.4, -0.2) is 33.0 Å². The zero-order chi connectivity index (χ0) is 18.9. The third-order valence-electron chi connectivity index (χ3n) is 4.32. The van der Waals surface area contributed by atoms with Gasteiger partial charge in [-0.15, -0.1) is 0 Å². The van der Waals surface area contributed by atoms with Gasteiger partial charge in [-0.2, -0.15) is 0 Å². The number of Topliss-reactive ketones (excluding diaryl/α,β-unsaturated/α-hetero) is 1. The van der Waals surface area contributed by atoms with Gasteiger partial charge in [-0.1, -0.05) is 23.7 Å². The number of halogens is 1. The lowest BCUT2D eigenvalue weighted by Crippen LogP contribution is -2.15. The minimum absolute atomic E-state index is 0.0246. The van der Waals surface area contributed by atoms with Crippen molar-refractivity contribution in [2.75, 3.05) is 12.9 Å². The number of carbonyl (C=O) groups excluding carboxylic acids is 2. The van der Waals surface area contributed by atoms with E-state index in [0.717, 1.165) is 37.1 Å². The first-order chi connectivity index (χ1) is 12.3. The van der Waals surface area contributed by atoms with Gasteiger partial charge in [0.1, 0.15) is 0 Å². The largest absolute Gasteiger partial charge is 0.454 e. The highest BCUT2D eigenvalue weighted by molar-refractivity contribution is 7.90. The molecule has 3 rings (SSSR count). The Kier molecular flexibility index (Phi) is 5.16. The summed E-state index contributed by atoms with van der Waals surface area (Å²) in [5, 5.41) is 0.0262. The molecule has 0 saturated carbocycles. The molecule has 0 amide bonds. The van der Waals surface area contributed by atoms with Crippen molar-refractivity contribution in [3.8, 4) is 0 Å². The SMILES string of the molecule is CS(=O)(=O)c1cc(C(=O)OCC(=O)c2ccc3c(c2)CCC3)ccc1Cl. The van der Waals surface area contributed by atoms with Gasteiger partial charge in [0, 0.05) is 11.8 Å². The van der Waals surface area contributed by atoms with Crippen LogP contribution >= 0.6 is 11.6 Å². The summed E-state index contributed by atoms with van der Waals surface area (Å²) in [5.74, 6) is -1.08. The second-order valence-corrected chi connectivity index (χ2v) is 8.65. The van der Waals surface area contributed by atoms with Crippen LogP contribution in [0.25, 0.3) is 0 Å². The van der Waals surface area contributed by atoms with Crippen LogP contribution in [0, 0.1) is 0 Å². The van der Waals surface area contributed by atoms with Crippen molar-refractivity contribution in [3.63, 3.8) is 0 Å². The van der Waals surface area contributed by atoms with Crippen molar-refractivity contribution in [1.29, 1.82) is 0 Å². The lowest BCUT2D eigenvalue weighted by Gasteiger charge is -2.08. The fraction of sp³-hybridized carbons (Fsp3) is 0.263. The van der Waals surface area contributed by atoms with Gasteiger partial charge >= 0.3 is 5.97 Å². The maximum absolute atomic E-state index is 12.3. The molecule has 0 bridgehead atoms. The first-order valence-corrected chi connectivity index (χ1v) is 10.3. The molecule has 0 atom stereocenters. The zero-order valence-electron chi connectivity index (χ0n) is 14.1. The molecular weight excluding hydrogens is 376 g/mol. The molecule has 0 aromatic heterocycles. The monoisotopic (exact) mass is 392 g/mol. The molecule has 1 aliphatic carbocycles. The molecule has 0 heterocycles. The van der Waals surface area contributed by atoms with Crippen molar-refractivity contribution in [3.05, 3.63) is 63.7 Å². The second kappa shape index (κ2) is 7.21. The van der Waals surface area contributed by atoms with E-state index in [1.165, 1.54) is 17.7 Å². The molecule has 5 nitrogen and oxygen atoms in total. The molecule has 7 heteroatoms. The van der Waals surface area contributed by atoms with Crippen LogP contribution in [0.5, 0.6) is 0 Å². The van der Waals surface area contributed by atoms with E-state index in [1.54, 1.807) is 6.07 Å². The molecule has 2 aromatic rings. The Morgan fingerprint density at radius 1 is 1.04 bits per heavy atom. The Hall–Kier alpha value is -2.18. The number of carbonyl (C=O) groups is 2. The van der Waals surface area contributed by atoms with Gasteiger partial charge in [0.2, 0.25) is 0 Å². The summed E-state index contributed by atoms with van der Waals surface area (Å²) in [6.07, 6.45) is 4.06. The summed E-state index contributed by atoms with van der Waals surface area (Å²) in [6.45, 7) is -0.408. The standard InChI is InChI=1S/C19H17ClO5S/c1-26(23,24)18-10-15(7-8-16(18)20)19(22)25-11-17(21)14-6-5-12-3-2-4-13(12)9-14/h5-10H,2-4,11H2,1H3. The number of sulfone groups is 1. The minimum atomic E-state index is -3.58. The molecule has 0 radical (unpaired) electrons. The lowest BCUT2D eigenvalue weighted by atomic mass is 10.0. The van der Waals surface area contributed by atoms with E-state index >= 15 is 0 Å². The minimum Gasteiger partial charge on any atom is -0.454 e. The van der Waals surface area contributed by atoms with E-state index in [2.05, 4.69) is 0 Å². The molecule has 136 valence electrons. The molecule has 0 saturated heterocycles. The van der Waals surface area contributed by atoms with E-state index in [4.69, 9.17) is 16.3 Å². The number of esters is 1. The summed E-state index contributed by atoms with van der Waals surface area (Å²) in [6, 6.07) is 9.36. The molecule has 26 heavy (non-hydrogen) atoms. The fourth-order valence-electron chi connectivity index (χ4n) is 2.96. The summed E-state index contributed by atoms with van der Waals surface area (Å²) in [7, 11) is -3.58. The molecule has 0 unspecified atom stereocenters. The summed E-state index contributed by atoms with van der Waals surface area (Å²) in [5.41, 5.74) is 2.95. The van der Waals surface area contributed by atoms with Gasteiger partial charge in [0.15, 0.2) is 22.2 Å². The van der Waals surface area contributed by atoms with Crippen LogP contribution in [0.3, 0.4) is 0 Å². The Bertz CT molecular complexity index is 995. The molecule has 0 N–H and O–H groups in total. The number of ether oxygens (including phenoxy) is 1. The number of fused-ring (bicyclic) bond motifs is 1. The Balaban J connectivity index is 1.70. The van der Waals surface area contributed by atoms with Crippen molar-refractivity contribution >= 4 is 33.2 Å². The first kappa shape index (κ1) is 18.6. The van der Waals surface area contributed by atoms with Crippen LogP contribution < -0.4 is 0 Å². The molecule has 1 aliphatic rings. The molecular formula is C19H17ClO5S. The van der Waals surface area contributed by atoms with Gasteiger partial charge in [0.05, 0.1) is 15.5 Å². The van der Waals surface area contributed by atoms with Crippen molar-refractivity contribution in [2.24, 2.45) is 0 Å². The van der Waals surface area contributed by atoms with Gasteiger partial charge in [0.25, 0.3) is 0 Å². The summed E-state index contributed by atoms with van der Waals surface area (Å²) >= 11 is 5.85. The highest BCUT2D eigenvalue weighted by Gasteiger charge is 2.19. The number of benzene rings is 2. The number of ketones is 1. The number of aryl methyl sites for hydroxylation is 2. The van der Waals surface area contributed by atoms with Crippen molar-refractivity contribution in [2.45, 2.75) is 24.2 Å². The number of hydrogen-bond acceptors (Lipinski definition) is 5. The predicted molar refractivity (Wildman–Crippen MR) is 97.6 cm³/mol. The van der Waals surface area contributed by atoms with Crippen LogP contribution in [0.1, 0.15) is 38.3 Å². The van der Waals surface area contributed by atoms with E-state index in [0.29, 0.717) is 5.56 Å². The normalized spacial score (nSPS) is 13.3. The van der Waals surface area contributed by atoms with Crippen LogP contribution in [0.15, 0.2) is 41.3 Å². The Labute approximate surface area is 156 Å². The number of rotatable bonds is 5. The third kappa shape index (κ3) is 3.97. The van der Waals surface area contributed by atoms with Crippen LogP contribution in [0.2, 0.25) is 5.02 Å². The second-order valence-electron chi connectivity index (χ2n) is 6.25. The smallest absolute Gasteiger partial charge is 0.338 e. The maximum Gasteiger partial charge on any atom is 0.338 e. The summed E-state index contributed by atoms with van der Waals surface area (Å²) < 4.78 is 28.4. The van der Waals surface area contributed by atoms with Crippen LogP contribution in [0.4, 0.5) is 0 Å². The quantitative estimate of drug-likeness (QED) is 0.576. The average Bonchev–Trinajstić information content (AvgIpc) is 3.06. The van der Waals surface area contributed by atoms with Crippen LogP contribution in [-0.2, 0) is 27.4 Å². The Morgan fingerprint density at radius 3 is 2.46 bits per heavy atom. The summed E-state index contributed by atoms with van der Waals surface area (Å²) in [4.78, 5) is 24.3. The molecule has 0 fully saturated rings. The van der Waals surface area contributed by atoms with E-state index in [-0.39, 0.29) is 21.3 Å². The third-order valence-corrected chi connectivity index (χ3v) is 5.90. The predicted octanol–water partition coefficient (Wildman–Crippen LogP) is 3.27. The van der Waals surface area contributed by atoms with Gasteiger partial charge in [-0.25, -0.2) is 13.2 Å². The van der Waals surface area contributed by atoms with Crippen molar-refractivity contribution < 1.29 is 22.7 Å². The molecule has 2 aromatic carbocycles. The molecule has 0 spiro atoms. The highest BCUT2D eigenvalue weighted by Crippen LogP contribution is 2.24.